The van der Waals surface area contributed by atoms with Gasteiger partial charge in [-0.25, -0.2) is 19.2 Å². The van der Waals surface area contributed by atoms with Crippen LogP contribution in [0, 0.1) is 16.6 Å². The molecule has 4 rings (SSSR count). The summed E-state index contributed by atoms with van der Waals surface area (Å²) in [7, 11) is 0. The number of hydrogen-bond donors (Lipinski definition) is 4. The number of oxime groups is 1. The van der Waals surface area contributed by atoms with E-state index >= 15 is 4.39 Å². The molecule has 2 aliphatic heterocycles. The molecule has 1 aromatic carbocycles. The van der Waals surface area contributed by atoms with Gasteiger partial charge in [0.25, 0.3) is 0 Å². The number of halogens is 1. The van der Waals surface area contributed by atoms with Crippen LogP contribution in [0.4, 0.5) is 15.1 Å². The molecular formula is C26H35FN8O4. The number of amides is 1. The lowest BCUT2D eigenvalue weighted by molar-refractivity contribution is -0.137. The Morgan fingerprint density at radius 1 is 1.28 bits per heavy atom. The Balaban J connectivity index is 1.29. The molecule has 0 spiro atoms. The molecule has 0 radical (unpaired) electrons. The lowest BCUT2D eigenvalue weighted by Gasteiger charge is -2.41. The van der Waals surface area contributed by atoms with E-state index in [4.69, 9.17) is 25.5 Å². The van der Waals surface area contributed by atoms with Gasteiger partial charge >= 0.3 is 6.09 Å². The predicted molar refractivity (Wildman–Crippen MR) is 144 cm³/mol. The molecule has 3 heterocycles. The first-order valence-electron chi connectivity index (χ1n) is 12.7. The van der Waals surface area contributed by atoms with Gasteiger partial charge in [-0.05, 0) is 13.8 Å². The van der Waals surface area contributed by atoms with Gasteiger partial charge in [0, 0.05) is 67.0 Å². The van der Waals surface area contributed by atoms with E-state index in [1.54, 1.807) is 24.5 Å². The van der Waals surface area contributed by atoms with Crippen molar-refractivity contribution in [2.45, 2.75) is 45.9 Å². The molecule has 2 aliphatic rings. The number of hydrogen-bond acceptors (Lipinski definition) is 10. The molecule has 2 saturated heterocycles. The van der Waals surface area contributed by atoms with Crippen LogP contribution in [0.2, 0.25) is 0 Å². The molecule has 1 amide bonds. The number of carbonyl (C=O) groups is 1. The minimum Gasteiger partial charge on any atom is -0.444 e. The van der Waals surface area contributed by atoms with E-state index in [1.807, 2.05) is 19.2 Å². The largest absolute Gasteiger partial charge is 0.444 e. The van der Waals surface area contributed by atoms with Crippen LogP contribution in [-0.2, 0) is 20.9 Å². The fourth-order valence-electron chi connectivity index (χ4n) is 4.14. The van der Waals surface area contributed by atoms with Crippen molar-refractivity contribution in [1.29, 1.82) is 5.41 Å². The lowest BCUT2D eigenvalue weighted by Crippen LogP contribution is -2.56. The summed E-state index contributed by atoms with van der Waals surface area (Å²) < 4.78 is 25.8. The van der Waals surface area contributed by atoms with Crippen molar-refractivity contribution in [2.24, 2.45) is 16.3 Å². The van der Waals surface area contributed by atoms with Crippen molar-refractivity contribution in [3.05, 3.63) is 42.0 Å². The molecule has 5 N–H and O–H groups in total. The quantitative estimate of drug-likeness (QED) is 0.234. The van der Waals surface area contributed by atoms with E-state index < -0.39 is 17.9 Å². The SMILES string of the molecule is CC1(CON=C2CCN(c3ncc(-c4cccc(COC(=O)NC(=N)N)c4F)cn3)CC2)CNC(C)(C)OC1. The minimum atomic E-state index is -0.934. The highest BCUT2D eigenvalue weighted by atomic mass is 19.1. The molecule has 0 bridgehead atoms. The summed E-state index contributed by atoms with van der Waals surface area (Å²) in [5, 5.41) is 16.8. The first-order chi connectivity index (χ1) is 18.5. The number of ether oxygens (including phenoxy) is 2. The third-order valence-corrected chi connectivity index (χ3v) is 6.58. The molecule has 12 nitrogen and oxygen atoms in total. The number of piperidine rings is 1. The maximum atomic E-state index is 15.1. The molecule has 2 aromatic rings. The second-order valence-corrected chi connectivity index (χ2v) is 10.5. The van der Waals surface area contributed by atoms with Crippen molar-refractivity contribution in [3.63, 3.8) is 0 Å². The van der Waals surface area contributed by atoms with E-state index in [-0.39, 0.29) is 28.9 Å². The summed E-state index contributed by atoms with van der Waals surface area (Å²) in [5.41, 5.74) is 6.59. The Morgan fingerprint density at radius 2 is 2.00 bits per heavy atom. The normalized spacial score (nSPS) is 20.7. The fourth-order valence-corrected chi connectivity index (χ4v) is 4.14. The van der Waals surface area contributed by atoms with E-state index in [0.717, 1.165) is 25.1 Å². The van der Waals surface area contributed by atoms with Crippen LogP contribution in [0.1, 0.15) is 39.2 Å². The van der Waals surface area contributed by atoms with E-state index in [0.29, 0.717) is 37.8 Å². The highest BCUT2D eigenvalue weighted by Crippen LogP contribution is 2.27. The summed E-state index contributed by atoms with van der Waals surface area (Å²) >= 11 is 0. The standard InChI is InChI=1S/C26H35FN8O4/c1-25(2)32-14-26(3,15-38-25)16-39-34-19-7-9-35(10-8-19)23-30-11-18(12-31-23)20-6-4-5-17(21(20)27)13-37-24(36)33-22(28)29/h4-6,11-12,32H,7-10,13-16H2,1-3H3,(H4,28,29,33,36). The Morgan fingerprint density at radius 3 is 2.64 bits per heavy atom. The van der Waals surface area contributed by atoms with Crippen molar-refractivity contribution in [3.8, 4) is 11.1 Å². The van der Waals surface area contributed by atoms with Crippen LogP contribution in [0.25, 0.3) is 11.1 Å². The topological polar surface area (TPSA) is 160 Å². The first kappa shape index (κ1) is 28.2. The second kappa shape index (κ2) is 11.9. The molecule has 0 saturated carbocycles. The van der Waals surface area contributed by atoms with Crippen molar-refractivity contribution >= 4 is 23.7 Å². The van der Waals surface area contributed by atoms with E-state index in [2.05, 4.69) is 32.3 Å². The molecule has 13 heteroatoms. The lowest BCUT2D eigenvalue weighted by atomic mass is 9.90. The van der Waals surface area contributed by atoms with E-state index in [1.165, 1.54) is 6.07 Å². The maximum absolute atomic E-state index is 15.1. The van der Waals surface area contributed by atoms with Gasteiger partial charge in [0.2, 0.25) is 5.95 Å². The third kappa shape index (κ3) is 7.60. The van der Waals surface area contributed by atoms with Crippen LogP contribution in [0.5, 0.6) is 0 Å². The number of benzene rings is 1. The van der Waals surface area contributed by atoms with Gasteiger partial charge in [-0.2, -0.15) is 0 Å². The molecule has 1 atom stereocenters. The number of nitrogens with zero attached hydrogens (tertiary/aromatic N) is 4. The maximum Gasteiger partial charge on any atom is 0.414 e. The van der Waals surface area contributed by atoms with Crippen LogP contribution in [0.3, 0.4) is 0 Å². The zero-order chi connectivity index (χ0) is 28.0. The van der Waals surface area contributed by atoms with Gasteiger partial charge in [0.1, 0.15) is 24.8 Å². The average Bonchev–Trinajstić information content (AvgIpc) is 2.90. The van der Waals surface area contributed by atoms with Crippen LogP contribution in [0.15, 0.2) is 35.7 Å². The number of guanidine groups is 1. The van der Waals surface area contributed by atoms with Crippen molar-refractivity contribution in [2.75, 3.05) is 37.7 Å². The number of carbonyl (C=O) groups excluding carboxylic acids is 1. The van der Waals surface area contributed by atoms with Crippen molar-refractivity contribution in [1.82, 2.24) is 20.6 Å². The molecular weight excluding hydrogens is 507 g/mol. The number of nitrogens with two attached hydrogens (primary N) is 1. The van der Waals surface area contributed by atoms with Crippen LogP contribution >= 0.6 is 0 Å². The molecule has 0 aliphatic carbocycles. The first-order valence-corrected chi connectivity index (χ1v) is 12.7. The van der Waals surface area contributed by atoms with Crippen molar-refractivity contribution < 1.29 is 23.5 Å². The minimum absolute atomic E-state index is 0.133. The fraction of sp³-hybridized carbons (Fsp3) is 0.500. The highest BCUT2D eigenvalue weighted by Gasteiger charge is 2.36. The Labute approximate surface area is 226 Å². The highest BCUT2D eigenvalue weighted by molar-refractivity contribution is 5.90. The number of rotatable bonds is 7. The number of alkyl carbamates (subject to hydrolysis) is 1. The van der Waals surface area contributed by atoms with Crippen LogP contribution < -0.4 is 21.3 Å². The number of aromatic nitrogens is 2. The Kier molecular flexibility index (Phi) is 8.60. The van der Waals surface area contributed by atoms with E-state index in [9.17, 15) is 4.79 Å². The van der Waals surface area contributed by atoms with Gasteiger partial charge in [0.15, 0.2) is 5.96 Å². The van der Waals surface area contributed by atoms with Gasteiger partial charge in [-0.3, -0.25) is 16.0 Å². The Bertz CT molecular complexity index is 1200. The number of anilines is 1. The van der Waals surface area contributed by atoms with Gasteiger partial charge in [-0.15, -0.1) is 0 Å². The molecule has 1 aromatic heterocycles. The third-order valence-electron chi connectivity index (χ3n) is 6.58. The summed E-state index contributed by atoms with van der Waals surface area (Å²) in [6.07, 6.45) is 3.68. The summed E-state index contributed by atoms with van der Waals surface area (Å²) in [6, 6.07) is 4.76. The summed E-state index contributed by atoms with van der Waals surface area (Å²) in [4.78, 5) is 28.2. The summed E-state index contributed by atoms with van der Waals surface area (Å²) in [6.45, 7) is 9.09. The zero-order valence-electron chi connectivity index (χ0n) is 22.4. The smallest absolute Gasteiger partial charge is 0.414 e. The molecule has 2 fully saturated rings. The number of nitrogens with one attached hydrogen (secondary N) is 3. The second-order valence-electron chi connectivity index (χ2n) is 10.5. The van der Waals surface area contributed by atoms with Gasteiger partial charge in [-0.1, -0.05) is 30.3 Å². The average molecular weight is 543 g/mol. The van der Waals surface area contributed by atoms with Gasteiger partial charge < -0.3 is 24.9 Å². The van der Waals surface area contributed by atoms with Gasteiger partial charge in [0.05, 0.1) is 12.3 Å². The van der Waals surface area contributed by atoms with Crippen LogP contribution in [-0.4, -0.2) is 66.3 Å². The molecule has 39 heavy (non-hydrogen) atoms. The predicted octanol–water partition coefficient (Wildman–Crippen LogP) is 2.74. The monoisotopic (exact) mass is 542 g/mol. The molecule has 1 unspecified atom stereocenters. The summed E-state index contributed by atoms with van der Waals surface area (Å²) in [5.74, 6) is -0.546. The Hall–Kier alpha value is -3.84. The molecule has 210 valence electrons. The zero-order valence-corrected chi connectivity index (χ0v) is 22.4.